The van der Waals surface area contributed by atoms with Crippen LogP contribution in [0.25, 0.3) is 0 Å². The molecule has 0 aromatic heterocycles. The highest BCUT2D eigenvalue weighted by Crippen LogP contribution is 2.38. The SMILES string of the molecule is Cl.N[C@@H]1CCN(CC(=O)Nc2cccc3c2N=S=N3)C1. The first-order valence-electron chi connectivity index (χ1n) is 6.21. The molecule has 1 aromatic carbocycles. The highest BCUT2D eigenvalue weighted by atomic mass is 35.5. The van der Waals surface area contributed by atoms with Gasteiger partial charge >= 0.3 is 0 Å². The fourth-order valence-corrected chi connectivity index (χ4v) is 2.86. The lowest BCUT2D eigenvalue weighted by atomic mass is 10.2. The number of nitrogens with two attached hydrogens (primary N) is 1. The number of amides is 1. The summed E-state index contributed by atoms with van der Waals surface area (Å²) in [5.74, 6) is -0.0328. The van der Waals surface area contributed by atoms with Gasteiger partial charge in [0.2, 0.25) is 5.91 Å². The Labute approximate surface area is 127 Å². The molecule has 2 heterocycles. The second-order valence-corrected chi connectivity index (χ2v) is 5.30. The quantitative estimate of drug-likeness (QED) is 0.906. The van der Waals surface area contributed by atoms with Gasteiger partial charge in [-0.2, -0.15) is 8.73 Å². The number of fused-ring (bicyclic) bond motifs is 1. The van der Waals surface area contributed by atoms with Crippen LogP contribution in [-0.4, -0.2) is 36.5 Å². The van der Waals surface area contributed by atoms with E-state index in [0.717, 1.165) is 47.9 Å². The van der Waals surface area contributed by atoms with Crippen LogP contribution in [0.3, 0.4) is 0 Å². The summed E-state index contributed by atoms with van der Waals surface area (Å²) >= 11 is 1.15. The number of nitrogens with zero attached hydrogens (tertiary/aromatic N) is 3. The van der Waals surface area contributed by atoms with Crippen molar-refractivity contribution in [1.29, 1.82) is 0 Å². The van der Waals surface area contributed by atoms with Crippen molar-refractivity contribution < 1.29 is 4.79 Å². The molecule has 108 valence electrons. The molecule has 1 fully saturated rings. The van der Waals surface area contributed by atoms with E-state index in [1.807, 2.05) is 18.2 Å². The Morgan fingerprint density at radius 1 is 1.50 bits per heavy atom. The predicted octanol–water partition coefficient (Wildman–Crippen LogP) is 1.81. The number of benzene rings is 1. The molecule has 3 rings (SSSR count). The summed E-state index contributed by atoms with van der Waals surface area (Å²) in [5.41, 5.74) is 8.11. The predicted molar refractivity (Wildman–Crippen MR) is 82.9 cm³/mol. The number of hydrogen-bond acceptors (Lipinski definition) is 5. The molecule has 3 N–H and O–H groups in total. The van der Waals surface area contributed by atoms with Gasteiger partial charge in [0.1, 0.15) is 11.4 Å². The van der Waals surface area contributed by atoms with Crippen LogP contribution in [0.4, 0.5) is 17.1 Å². The minimum atomic E-state index is -0.0328. The molecular weight excluding hydrogens is 298 g/mol. The highest BCUT2D eigenvalue weighted by molar-refractivity contribution is 7.58. The lowest BCUT2D eigenvalue weighted by Gasteiger charge is -2.15. The maximum absolute atomic E-state index is 12.0. The van der Waals surface area contributed by atoms with Crippen LogP contribution in [-0.2, 0) is 16.1 Å². The zero-order chi connectivity index (χ0) is 13.2. The molecule has 20 heavy (non-hydrogen) atoms. The van der Waals surface area contributed by atoms with Gasteiger partial charge in [0.25, 0.3) is 0 Å². The maximum atomic E-state index is 12.0. The molecule has 1 atom stereocenters. The topological polar surface area (TPSA) is 83.1 Å². The minimum absolute atomic E-state index is 0. The maximum Gasteiger partial charge on any atom is 0.238 e. The molecule has 0 saturated carbocycles. The average Bonchev–Trinajstić information content (AvgIpc) is 2.98. The summed E-state index contributed by atoms with van der Waals surface area (Å²) in [6.07, 6.45) is 0.957. The van der Waals surface area contributed by atoms with Crippen LogP contribution in [0.2, 0.25) is 0 Å². The number of rotatable bonds is 3. The number of carbonyl (C=O) groups is 1. The average molecular weight is 314 g/mol. The summed E-state index contributed by atoms with van der Waals surface area (Å²) in [4.78, 5) is 14.1. The van der Waals surface area contributed by atoms with Crippen molar-refractivity contribution in [3.63, 3.8) is 0 Å². The number of carbonyl (C=O) groups excluding carboxylic acids is 1. The molecule has 2 aliphatic rings. The highest BCUT2D eigenvalue weighted by Gasteiger charge is 2.21. The first-order valence-corrected chi connectivity index (χ1v) is 6.94. The van der Waals surface area contributed by atoms with Gasteiger partial charge in [0.15, 0.2) is 0 Å². The standard InChI is InChI=1S/C12H15N5OS.ClH/c13-8-4-5-17(6-8)7-11(18)14-9-2-1-3-10-12(9)16-19-15-10;/h1-3,8H,4-7,13H2,(H,14,18);1H/t8-;/m1./s1. The minimum Gasteiger partial charge on any atom is -0.326 e. The number of halogens is 1. The van der Waals surface area contributed by atoms with Crippen LogP contribution < -0.4 is 11.1 Å². The second-order valence-electron chi connectivity index (χ2n) is 4.77. The number of likely N-dealkylation sites (tertiary alicyclic amines) is 1. The Morgan fingerprint density at radius 2 is 2.35 bits per heavy atom. The summed E-state index contributed by atoms with van der Waals surface area (Å²) in [6, 6.07) is 5.79. The lowest BCUT2D eigenvalue weighted by molar-refractivity contribution is -0.117. The summed E-state index contributed by atoms with van der Waals surface area (Å²) in [6.45, 7) is 2.05. The molecule has 0 spiro atoms. The van der Waals surface area contributed by atoms with Gasteiger partial charge in [-0.05, 0) is 18.6 Å². The van der Waals surface area contributed by atoms with Crippen LogP contribution in [0.5, 0.6) is 0 Å². The first kappa shape index (κ1) is 15.1. The van der Waals surface area contributed by atoms with E-state index in [1.165, 1.54) is 0 Å². The molecule has 0 bridgehead atoms. The van der Waals surface area contributed by atoms with Gasteiger partial charge in [0, 0.05) is 19.1 Å². The Hall–Kier alpha value is -1.28. The van der Waals surface area contributed by atoms with E-state index < -0.39 is 0 Å². The third-order valence-corrected chi connectivity index (χ3v) is 3.78. The van der Waals surface area contributed by atoms with Crippen molar-refractivity contribution in [2.75, 3.05) is 25.0 Å². The molecule has 0 aliphatic carbocycles. The Kier molecular flexibility index (Phi) is 4.87. The number of anilines is 1. The first-order chi connectivity index (χ1) is 9.22. The summed E-state index contributed by atoms with van der Waals surface area (Å²) < 4.78 is 8.35. The zero-order valence-corrected chi connectivity index (χ0v) is 12.4. The molecule has 6 nitrogen and oxygen atoms in total. The monoisotopic (exact) mass is 313 g/mol. The number of nitrogens with one attached hydrogen (secondary N) is 1. The Bertz CT molecular complexity index is 587. The third kappa shape index (κ3) is 3.24. The van der Waals surface area contributed by atoms with Crippen LogP contribution in [0, 0.1) is 0 Å². The summed E-state index contributed by atoms with van der Waals surface area (Å²) in [7, 11) is 0. The van der Waals surface area contributed by atoms with Gasteiger partial charge in [0.05, 0.1) is 23.6 Å². The van der Waals surface area contributed by atoms with E-state index in [4.69, 9.17) is 5.73 Å². The van der Waals surface area contributed by atoms with E-state index in [1.54, 1.807) is 0 Å². The van der Waals surface area contributed by atoms with Gasteiger partial charge in [-0.15, -0.1) is 12.4 Å². The van der Waals surface area contributed by atoms with Crippen molar-refractivity contribution in [2.45, 2.75) is 12.5 Å². The van der Waals surface area contributed by atoms with E-state index in [0.29, 0.717) is 6.54 Å². The van der Waals surface area contributed by atoms with Gasteiger partial charge in [-0.1, -0.05) is 6.07 Å². The van der Waals surface area contributed by atoms with E-state index in [-0.39, 0.29) is 24.4 Å². The Morgan fingerprint density at radius 3 is 3.10 bits per heavy atom. The van der Waals surface area contributed by atoms with Gasteiger partial charge in [-0.25, -0.2) is 0 Å². The van der Waals surface area contributed by atoms with Crippen molar-refractivity contribution >= 4 is 46.7 Å². The second kappa shape index (κ2) is 6.45. The fraction of sp³-hybridized carbons (Fsp3) is 0.417. The normalized spacial score (nSPS) is 20.1. The zero-order valence-electron chi connectivity index (χ0n) is 10.8. The fourth-order valence-electron chi connectivity index (χ4n) is 2.31. The molecule has 1 amide bonds. The molecular formula is C12H16ClN5OS. The van der Waals surface area contributed by atoms with Crippen molar-refractivity contribution in [1.82, 2.24) is 4.90 Å². The molecule has 8 heteroatoms. The smallest absolute Gasteiger partial charge is 0.238 e. The van der Waals surface area contributed by atoms with Crippen LogP contribution >= 0.6 is 12.4 Å². The van der Waals surface area contributed by atoms with Crippen LogP contribution in [0.1, 0.15) is 6.42 Å². The Balaban J connectivity index is 0.00000147. The van der Waals surface area contributed by atoms with Crippen LogP contribution in [0.15, 0.2) is 26.9 Å². The van der Waals surface area contributed by atoms with Crippen molar-refractivity contribution in [3.05, 3.63) is 18.2 Å². The summed E-state index contributed by atoms with van der Waals surface area (Å²) in [5, 5.41) is 2.90. The largest absolute Gasteiger partial charge is 0.326 e. The van der Waals surface area contributed by atoms with E-state index in [2.05, 4.69) is 18.9 Å². The third-order valence-electron chi connectivity index (χ3n) is 3.24. The molecule has 0 radical (unpaired) electrons. The molecule has 0 unspecified atom stereocenters. The van der Waals surface area contributed by atoms with Gasteiger partial charge in [-0.3, -0.25) is 9.69 Å². The number of hydrogen-bond donors (Lipinski definition) is 2. The van der Waals surface area contributed by atoms with Gasteiger partial charge < -0.3 is 11.1 Å². The van der Waals surface area contributed by atoms with Crippen molar-refractivity contribution in [2.24, 2.45) is 14.5 Å². The van der Waals surface area contributed by atoms with E-state index in [9.17, 15) is 4.79 Å². The van der Waals surface area contributed by atoms with Crippen molar-refractivity contribution in [3.8, 4) is 0 Å². The molecule has 2 aliphatic heterocycles. The van der Waals surface area contributed by atoms with E-state index >= 15 is 0 Å². The lowest BCUT2D eigenvalue weighted by Crippen LogP contribution is -2.33. The molecule has 1 saturated heterocycles. The molecule has 1 aromatic rings.